The van der Waals surface area contributed by atoms with Crippen molar-refractivity contribution in [2.24, 2.45) is 0 Å². The molecule has 106 valence electrons. The molecule has 1 aromatic heterocycles. The third kappa shape index (κ3) is 3.01. The number of aromatic nitrogens is 2. The third-order valence-electron chi connectivity index (χ3n) is 2.91. The Bertz CT molecular complexity index is 705. The van der Waals surface area contributed by atoms with Crippen molar-refractivity contribution in [3.8, 4) is 0 Å². The number of nitrogens with zero attached hydrogens (tertiary/aromatic N) is 1. The molecule has 0 aliphatic heterocycles. The van der Waals surface area contributed by atoms with Crippen molar-refractivity contribution < 1.29 is 0 Å². The first kappa shape index (κ1) is 14.6. The van der Waals surface area contributed by atoms with Gasteiger partial charge >= 0.3 is 5.69 Å². The zero-order valence-electron chi connectivity index (χ0n) is 11.3. The maximum atomic E-state index is 12.1. The van der Waals surface area contributed by atoms with Crippen molar-refractivity contribution in [2.75, 3.05) is 5.32 Å². The summed E-state index contributed by atoms with van der Waals surface area (Å²) in [5.74, 6) is 0.403. The molecule has 1 heterocycles. The minimum Gasteiger partial charge on any atom is -0.366 e. The lowest BCUT2D eigenvalue weighted by atomic mass is 10.2. The van der Waals surface area contributed by atoms with E-state index in [1.165, 1.54) is 4.57 Å². The van der Waals surface area contributed by atoms with Crippen molar-refractivity contribution >= 4 is 21.7 Å². The normalized spacial score (nSPS) is 10.8. The van der Waals surface area contributed by atoms with Crippen LogP contribution in [0.1, 0.15) is 25.5 Å². The highest BCUT2D eigenvalue weighted by Crippen LogP contribution is 2.15. The number of benzene rings is 1. The van der Waals surface area contributed by atoms with Crippen LogP contribution in [0.4, 0.5) is 5.82 Å². The van der Waals surface area contributed by atoms with Gasteiger partial charge in [0.05, 0.1) is 0 Å². The third-order valence-corrected chi connectivity index (χ3v) is 3.64. The number of anilines is 1. The second kappa shape index (κ2) is 6.09. The Morgan fingerprint density at radius 2 is 1.90 bits per heavy atom. The molecule has 0 aliphatic carbocycles. The molecular formula is C14H16BrN3O2. The predicted molar refractivity (Wildman–Crippen MR) is 83.2 cm³/mol. The number of hydrogen-bond donors (Lipinski definition) is 2. The van der Waals surface area contributed by atoms with Crippen LogP contribution in [0, 0.1) is 0 Å². The first-order valence-corrected chi connectivity index (χ1v) is 7.12. The van der Waals surface area contributed by atoms with E-state index in [0.717, 1.165) is 5.56 Å². The zero-order valence-corrected chi connectivity index (χ0v) is 12.9. The van der Waals surface area contributed by atoms with Crippen LogP contribution in [-0.4, -0.2) is 9.55 Å². The Labute approximate surface area is 124 Å². The molecular weight excluding hydrogens is 322 g/mol. The molecule has 6 heteroatoms. The fourth-order valence-electron chi connectivity index (χ4n) is 1.90. The monoisotopic (exact) mass is 337 g/mol. The molecule has 5 nitrogen and oxygen atoms in total. The van der Waals surface area contributed by atoms with Gasteiger partial charge in [0.1, 0.15) is 10.3 Å². The van der Waals surface area contributed by atoms with Gasteiger partial charge in [-0.2, -0.15) is 0 Å². The lowest BCUT2D eigenvalue weighted by Gasteiger charge is -2.12. The molecule has 2 rings (SSSR count). The van der Waals surface area contributed by atoms with Crippen LogP contribution in [0.3, 0.4) is 0 Å². The van der Waals surface area contributed by atoms with Crippen LogP contribution in [0.15, 0.2) is 44.4 Å². The zero-order chi connectivity index (χ0) is 14.7. The summed E-state index contributed by atoms with van der Waals surface area (Å²) in [6.07, 6.45) is 0. The molecule has 1 aromatic carbocycles. The fourth-order valence-corrected chi connectivity index (χ4v) is 2.33. The number of rotatable bonds is 4. The number of H-pyrrole nitrogens is 1. The molecule has 0 atom stereocenters. The summed E-state index contributed by atoms with van der Waals surface area (Å²) in [5.41, 5.74) is 0.316. The molecule has 0 saturated carbocycles. The second-order valence-corrected chi connectivity index (χ2v) is 5.52. The first-order valence-electron chi connectivity index (χ1n) is 6.33. The fraction of sp³-hybridized carbons (Fsp3) is 0.286. The van der Waals surface area contributed by atoms with Gasteiger partial charge in [0.2, 0.25) is 0 Å². The molecule has 0 spiro atoms. The van der Waals surface area contributed by atoms with Gasteiger partial charge in [0.25, 0.3) is 5.56 Å². The number of nitrogens with one attached hydrogen (secondary N) is 2. The highest BCUT2D eigenvalue weighted by atomic mass is 79.9. The number of hydrogen-bond acceptors (Lipinski definition) is 3. The summed E-state index contributed by atoms with van der Waals surface area (Å²) in [7, 11) is 0. The van der Waals surface area contributed by atoms with Gasteiger partial charge in [-0.3, -0.25) is 14.3 Å². The van der Waals surface area contributed by atoms with Crippen molar-refractivity contribution in [2.45, 2.75) is 26.4 Å². The van der Waals surface area contributed by atoms with Crippen LogP contribution in [0.5, 0.6) is 0 Å². The van der Waals surface area contributed by atoms with Gasteiger partial charge in [0, 0.05) is 12.6 Å². The minimum absolute atomic E-state index is 0.189. The summed E-state index contributed by atoms with van der Waals surface area (Å²) < 4.78 is 1.51. The smallest absolute Gasteiger partial charge is 0.330 e. The van der Waals surface area contributed by atoms with E-state index in [1.807, 2.05) is 30.3 Å². The highest BCUT2D eigenvalue weighted by molar-refractivity contribution is 9.10. The maximum Gasteiger partial charge on any atom is 0.330 e. The van der Waals surface area contributed by atoms with Gasteiger partial charge < -0.3 is 5.32 Å². The van der Waals surface area contributed by atoms with E-state index in [2.05, 4.69) is 26.2 Å². The molecule has 0 unspecified atom stereocenters. The lowest BCUT2D eigenvalue weighted by Crippen LogP contribution is -2.37. The lowest BCUT2D eigenvalue weighted by molar-refractivity contribution is 0.544. The predicted octanol–water partition coefficient (Wildman–Crippen LogP) is 2.49. The number of halogens is 1. The largest absolute Gasteiger partial charge is 0.366 e. The van der Waals surface area contributed by atoms with Crippen molar-refractivity contribution in [3.05, 3.63) is 61.2 Å². The van der Waals surface area contributed by atoms with Gasteiger partial charge in [0.15, 0.2) is 0 Å². The summed E-state index contributed by atoms with van der Waals surface area (Å²) >= 11 is 3.24. The Kier molecular flexibility index (Phi) is 4.44. The van der Waals surface area contributed by atoms with Crippen LogP contribution >= 0.6 is 15.9 Å². The van der Waals surface area contributed by atoms with E-state index < -0.39 is 5.69 Å². The van der Waals surface area contributed by atoms with E-state index in [9.17, 15) is 9.59 Å². The van der Waals surface area contributed by atoms with Crippen molar-refractivity contribution in [3.63, 3.8) is 0 Å². The van der Waals surface area contributed by atoms with Crippen LogP contribution in [0.25, 0.3) is 0 Å². The summed E-state index contributed by atoms with van der Waals surface area (Å²) in [6.45, 7) is 4.11. The van der Waals surface area contributed by atoms with E-state index in [0.29, 0.717) is 16.8 Å². The average Bonchev–Trinajstić information content (AvgIpc) is 2.42. The molecule has 2 N–H and O–H groups in total. The van der Waals surface area contributed by atoms with E-state index in [1.54, 1.807) is 13.8 Å². The quantitative estimate of drug-likeness (QED) is 0.900. The number of aromatic amines is 1. The van der Waals surface area contributed by atoms with Crippen molar-refractivity contribution in [1.82, 2.24) is 9.55 Å². The molecule has 0 fully saturated rings. The Hall–Kier alpha value is -1.82. The first-order chi connectivity index (χ1) is 9.50. The summed E-state index contributed by atoms with van der Waals surface area (Å²) in [4.78, 5) is 26.7. The van der Waals surface area contributed by atoms with Crippen LogP contribution in [-0.2, 0) is 6.54 Å². The van der Waals surface area contributed by atoms with E-state index >= 15 is 0 Å². The maximum absolute atomic E-state index is 12.1. The standard InChI is InChI=1S/C14H16BrN3O2/c1-9(2)18-13(19)11(15)12(17-14(18)20)16-8-10-6-4-3-5-7-10/h3-7,9,16H,8H2,1-2H3,(H,17,20). The SMILES string of the molecule is CC(C)n1c(=O)[nH]c(NCc2ccccc2)c(Br)c1=O. The Balaban J connectivity index is 2.30. The Morgan fingerprint density at radius 3 is 2.50 bits per heavy atom. The van der Waals surface area contributed by atoms with Crippen LogP contribution in [0.2, 0.25) is 0 Å². The molecule has 0 aliphatic rings. The molecule has 0 amide bonds. The summed E-state index contributed by atoms with van der Waals surface area (Å²) in [5, 5.41) is 3.06. The summed E-state index contributed by atoms with van der Waals surface area (Å²) in [6, 6.07) is 9.55. The highest BCUT2D eigenvalue weighted by Gasteiger charge is 2.13. The van der Waals surface area contributed by atoms with E-state index in [-0.39, 0.29) is 11.6 Å². The Morgan fingerprint density at radius 1 is 1.25 bits per heavy atom. The van der Waals surface area contributed by atoms with E-state index in [4.69, 9.17) is 0 Å². The molecule has 2 aromatic rings. The molecule has 0 radical (unpaired) electrons. The van der Waals surface area contributed by atoms with Gasteiger partial charge in [-0.25, -0.2) is 4.79 Å². The van der Waals surface area contributed by atoms with Gasteiger partial charge in [-0.05, 0) is 35.3 Å². The topological polar surface area (TPSA) is 66.9 Å². The second-order valence-electron chi connectivity index (χ2n) is 4.73. The molecule has 0 saturated heterocycles. The van der Waals surface area contributed by atoms with Crippen LogP contribution < -0.4 is 16.6 Å². The average molecular weight is 338 g/mol. The van der Waals surface area contributed by atoms with Crippen molar-refractivity contribution in [1.29, 1.82) is 0 Å². The molecule has 0 bridgehead atoms. The van der Waals surface area contributed by atoms with Gasteiger partial charge in [-0.15, -0.1) is 0 Å². The molecule has 20 heavy (non-hydrogen) atoms. The van der Waals surface area contributed by atoms with Gasteiger partial charge in [-0.1, -0.05) is 30.3 Å². The minimum atomic E-state index is -0.413.